The van der Waals surface area contributed by atoms with Gasteiger partial charge in [-0.1, -0.05) is 0 Å². The van der Waals surface area contributed by atoms with Gasteiger partial charge in [-0.3, -0.25) is 0 Å². The van der Waals surface area contributed by atoms with Crippen molar-refractivity contribution in [3.8, 4) is 0 Å². The molecule has 0 aromatic heterocycles. The maximum absolute atomic E-state index is 0. The fourth-order valence-corrected chi connectivity index (χ4v) is 0. The number of hydrogen-bond donors (Lipinski definition) is 0. The molecule has 5 heteroatoms. The molecule has 0 bridgehead atoms. The van der Waals surface area contributed by atoms with Crippen LogP contribution in [0.3, 0.4) is 0 Å². The molecule has 0 amide bonds. The van der Waals surface area contributed by atoms with E-state index in [0.29, 0.717) is 0 Å². The van der Waals surface area contributed by atoms with Crippen molar-refractivity contribution in [3.05, 3.63) is 0 Å². The van der Waals surface area contributed by atoms with Crippen molar-refractivity contribution in [1.29, 1.82) is 0 Å². The maximum Gasteiger partial charge on any atom is 4.00 e. The van der Waals surface area contributed by atoms with Crippen LogP contribution in [0.25, 0.3) is 0 Å². The molecule has 0 atom stereocenters. The number of hydrogen-bond acceptors (Lipinski definition) is 0. The minimum atomic E-state index is 0. The molecular weight excluding hydrogens is 260 g/mol. The van der Waals surface area contributed by atoms with Crippen molar-refractivity contribution >= 4 is 0 Å². The number of halogens is 4. The molecular formula is F4W. The summed E-state index contributed by atoms with van der Waals surface area (Å²) in [5.74, 6) is 0. The largest absolute Gasteiger partial charge is 4.00 e. The molecule has 0 radical (unpaired) electrons. The van der Waals surface area contributed by atoms with Crippen LogP contribution in [-0.2, 0) is 21.1 Å². The minimum Gasteiger partial charge on any atom is -1.00 e. The van der Waals surface area contributed by atoms with Gasteiger partial charge < -0.3 is 18.8 Å². The van der Waals surface area contributed by atoms with E-state index in [2.05, 4.69) is 0 Å². The smallest absolute Gasteiger partial charge is 1.00 e. The van der Waals surface area contributed by atoms with Crippen molar-refractivity contribution in [2.45, 2.75) is 0 Å². The molecule has 0 heterocycles. The fourth-order valence-electron chi connectivity index (χ4n) is 0. The van der Waals surface area contributed by atoms with Gasteiger partial charge >= 0.3 is 21.1 Å². The van der Waals surface area contributed by atoms with Gasteiger partial charge in [0.25, 0.3) is 0 Å². The molecule has 0 aromatic carbocycles. The van der Waals surface area contributed by atoms with Crippen LogP contribution in [0.5, 0.6) is 0 Å². The summed E-state index contributed by atoms with van der Waals surface area (Å²) in [5.41, 5.74) is 0. The standard InChI is InChI=1S/4FH.W/h4*1H;/q;;;;+4/p-4. The topological polar surface area (TPSA) is 0 Å². The molecule has 0 rings (SSSR count). The van der Waals surface area contributed by atoms with Gasteiger partial charge in [0.15, 0.2) is 0 Å². The summed E-state index contributed by atoms with van der Waals surface area (Å²) in [6.07, 6.45) is 0. The third-order valence-electron chi connectivity index (χ3n) is 0. The van der Waals surface area contributed by atoms with Crippen molar-refractivity contribution in [2.24, 2.45) is 0 Å². The van der Waals surface area contributed by atoms with Crippen LogP contribution in [0.4, 0.5) is 0 Å². The molecule has 0 saturated heterocycles. The normalized spacial score (nSPS) is 0. The summed E-state index contributed by atoms with van der Waals surface area (Å²) in [6.45, 7) is 0. The van der Waals surface area contributed by atoms with Crippen LogP contribution in [0.2, 0.25) is 0 Å². The molecule has 5 heavy (non-hydrogen) atoms. The maximum atomic E-state index is 0. The van der Waals surface area contributed by atoms with Crippen LogP contribution < -0.4 is 18.8 Å². The predicted molar refractivity (Wildman–Crippen MR) is 0 cm³/mol. The first-order valence-corrected chi connectivity index (χ1v) is 0. The second-order valence-electron chi connectivity index (χ2n) is 0. The first-order valence-electron chi connectivity index (χ1n) is 0. The molecule has 0 unspecified atom stereocenters. The average Bonchev–Trinajstić information content (AvgIpc) is 0. The van der Waals surface area contributed by atoms with Gasteiger partial charge in [0, 0.05) is 0 Å². The predicted octanol–water partition coefficient (Wildman–Crippen LogP) is -12.0. The summed E-state index contributed by atoms with van der Waals surface area (Å²) < 4.78 is 0. The second-order valence-corrected chi connectivity index (χ2v) is 0. The molecule has 0 nitrogen and oxygen atoms in total. The van der Waals surface area contributed by atoms with Crippen molar-refractivity contribution in [3.63, 3.8) is 0 Å². The van der Waals surface area contributed by atoms with E-state index in [1.54, 1.807) is 0 Å². The van der Waals surface area contributed by atoms with Crippen LogP contribution >= 0.6 is 0 Å². The summed E-state index contributed by atoms with van der Waals surface area (Å²) in [6, 6.07) is 0. The third-order valence-corrected chi connectivity index (χ3v) is 0. The molecule has 0 fully saturated rings. The number of rotatable bonds is 0. The molecule has 0 saturated carbocycles. The summed E-state index contributed by atoms with van der Waals surface area (Å²) in [5, 5.41) is 0. The Morgan fingerprint density at radius 3 is 0.400 bits per heavy atom. The zero-order valence-corrected chi connectivity index (χ0v) is 4.85. The van der Waals surface area contributed by atoms with Crippen LogP contribution in [0, 0.1) is 0 Å². The molecule has 0 spiro atoms. The van der Waals surface area contributed by atoms with E-state index in [1.165, 1.54) is 0 Å². The Morgan fingerprint density at radius 1 is 0.400 bits per heavy atom. The monoisotopic (exact) mass is 260 g/mol. The summed E-state index contributed by atoms with van der Waals surface area (Å²) >= 11 is 0. The quantitative estimate of drug-likeness (QED) is 0.379. The Morgan fingerprint density at radius 2 is 0.400 bits per heavy atom. The zero-order chi connectivity index (χ0) is 0. The summed E-state index contributed by atoms with van der Waals surface area (Å²) in [7, 11) is 0. The Hall–Kier alpha value is 0.408. The van der Waals surface area contributed by atoms with E-state index >= 15 is 0 Å². The van der Waals surface area contributed by atoms with E-state index in [4.69, 9.17) is 0 Å². The zero-order valence-electron chi connectivity index (χ0n) is 1.92. The van der Waals surface area contributed by atoms with E-state index < -0.39 is 0 Å². The summed E-state index contributed by atoms with van der Waals surface area (Å²) in [4.78, 5) is 0. The molecule has 0 aliphatic carbocycles. The SMILES string of the molecule is [F-].[F-].[F-].[F-].[W+4]. The van der Waals surface area contributed by atoms with E-state index in [1.807, 2.05) is 0 Å². The van der Waals surface area contributed by atoms with Gasteiger partial charge in [0.1, 0.15) is 0 Å². The van der Waals surface area contributed by atoms with Gasteiger partial charge in [0.2, 0.25) is 0 Å². The molecule has 34 valence electrons. The Balaban J connectivity index is 0. The van der Waals surface area contributed by atoms with Gasteiger partial charge in [-0.25, -0.2) is 0 Å². The van der Waals surface area contributed by atoms with Crippen molar-refractivity contribution < 1.29 is 39.9 Å². The van der Waals surface area contributed by atoms with Gasteiger partial charge in [-0.05, 0) is 0 Å². The van der Waals surface area contributed by atoms with E-state index in [-0.39, 0.29) is 39.9 Å². The first kappa shape index (κ1) is 630. The Kier molecular flexibility index (Phi) is 38700. The average molecular weight is 260 g/mol. The Labute approximate surface area is 40.7 Å². The van der Waals surface area contributed by atoms with E-state index in [0.717, 1.165) is 0 Å². The van der Waals surface area contributed by atoms with Crippen LogP contribution in [0.1, 0.15) is 0 Å². The van der Waals surface area contributed by atoms with Crippen molar-refractivity contribution in [2.75, 3.05) is 0 Å². The third kappa shape index (κ3) is 153. The molecule has 0 aliphatic rings. The molecule has 0 aromatic rings. The van der Waals surface area contributed by atoms with Gasteiger partial charge in [0.05, 0.1) is 0 Å². The second kappa shape index (κ2) is 307. The van der Waals surface area contributed by atoms with Crippen molar-refractivity contribution in [1.82, 2.24) is 0 Å². The fraction of sp³-hybridized carbons (Fsp3) is 0. The van der Waals surface area contributed by atoms with Crippen LogP contribution in [0.15, 0.2) is 0 Å². The Bertz CT molecular complexity index is 3.61. The minimum absolute atomic E-state index is 0. The molecule has 0 N–H and O–H groups in total. The molecule has 0 aliphatic heterocycles. The van der Waals surface area contributed by atoms with Crippen LogP contribution in [-0.4, -0.2) is 0 Å². The van der Waals surface area contributed by atoms with Gasteiger partial charge in [-0.2, -0.15) is 0 Å². The van der Waals surface area contributed by atoms with Gasteiger partial charge in [-0.15, -0.1) is 0 Å². The first-order chi connectivity index (χ1) is 0. The van der Waals surface area contributed by atoms with E-state index in [9.17, 15) is 0 Å².